The highest BCUT2D eigenvalue weighted by Gasteiger charge is 2.21. The average Bonchev–Trinajstić information content (AvgIpc) is 3.27. The molecule has 0 unspecified atom stereocenters. The fourth-order valence-electron chi connectivity index (χ4n) is 6.89. The quantitative estimate of drug-likeness (QED) is 0.0881. The Kier molecular flexibility index (Phi) is 12.7. The van der Waals surface area contributed by atoms with Crippen molar-refractivity contribution in [3.05, 3.63) is 107 Å². The Bertz CT molecular complexity index is 2410. The van der Waals surface area contributed by atoms with Crippen molar-refractivity contribution < 1.29 is 0 Å². The van der Waals surface area contributed by atoms with Crippen LogP contribution in [0.25, 0.3) is 11.1 Å². The minimum atomic E-state index is 0.364. The van der Waals surface area contributed by atoms with Gasteiger partial charge in [-0.05, 0) is 61.6 Å². The van der Waals surface area contributed by atoms with Crippen LogP contribution in [0, 0.1) is 0 Å². The second-order valence-electron chi connectivity index (χ2n) is 14.9. The molecule has 2 N–H and O–H groups in total. The maximum Gasteiger partial charge on any atom is 0.233 e. The Balaban J connectivity index is 1.04. The molecular weight excluding hydrogens is 776 g/mol. The summed E-state index contributed by atoms with van der Waals surface area (Å²) in [6, 6.07) is 25.6. The second kappa shape index (κ2) is 18.8. The average molecular weight is 825 g/mol. The van der Waals surface area contributed by atoms with Crippen LogP contribution >= 0.6 is 11.6 Å². The molecule has 308 valence electrons. The van der Waals surface area contributed by atoms with Gasteiger partial charge in [-0.1, -0.05) is 67.9 Å². The molecule has 4 aromatic heterocycles. The summed E-state index contributed by atoms with van der Waals surface area (Å²) in [5, 5.41) is 16.2. The van der Waals surface area contributed by atoms with E-state index < -0.39 is 0 Å². The lowest BCUT2D eigenvalue weighted by Gasteiger charge is -2.32. The predicted molar refractivity (Wildman–Crippen MR) is 237 cm³/mol. The summed E-state index contributed by atoms with van der Waals surface area (Å²) in [6.45, 7) is 11.3. The minimum absolute atomic E-state index is 0.364. The van der Waals surface area contributed by atoms with Crippen molar-refractivity contribution in [2.24, 2.45) is 10.2 Å². The van der Waals surface area contributed by atoms with Crippen LogP contribution in [0.1, 0.15) is 36.8 Å². The number of rotatable bonds is 13. The summed E-state index contributed by atoms with van der Waals surface area (Å²) < 4.78 is 0. The fraction of sp³-hybridized carbons (Fsp3) is 0.349. The van der Waals surface area contributed by atoms with Crippen LogP contribution in [0.3, 0.4) is 0 Å². The van der Waals surface area contributed by atoms with Gasteiger partial charge in [0.25, 0.3) is 0 Å². The summed E-state index contributed by atoms with van der Waals surface area (Å²) in [7, 11) is 4.26. The van der Waals surface area contributed by atoms with Gasteiger partial charge in [-0.15, -0.1) is 5.11 Å². The summed E-state index contributed by atoms with van der Waals surface area (Å²) >= 11 is 6.44. The van der Waals surface area contributed by atoms with Crippen molar-refractivity contribution in [1.82, 2.24) is 49.7 Å². The number of anilines is 6. The number of benzene rings is 2. The van der Waals surface area contributed by atoms with Crippen LogP contribution in [0.5, 0.6) is 0 Å². The predicted octanol–water partition coefficient (Wildman–Crippen LogP) is 7.29. The van der Waals surface area contributed by atoms with Gasteiger partial charge in [-0.25, -0.2) is 9.97 Å². The molecule has 0 amide bonds. The molecule has 2 aliphatic rings. The molecule has 2 aromatic carbocycles. The lowest BCUT2D eigenvalue weighted by Crippen LogP contribution is -2.45. The zero-order chi connectivity index (χ0) is 41.4. The van der Waals surface area contributed by atoms with Crippen LogP contribution < -0.4 is 20.4 Å². The van der Waals surface area contributed by atoms with E-state index in [1.165, 1.54) is 0 Å². The summed E-state index contributed by atoms with van der Waals surface area (Å²) in [5.74, 6) is 4.65. The first kappa shape index (κ1) is 40.5. The molecule has 0 radical (unpaired) electrons. The summed E-state index contributed by atoms with van der Waals surface area (Å²) in [6.07, 6.45) is 1.91. The zero-order valence-electron chi connectivity index (χ0n) is 34.4. The van der Waals surface area contributed by atoms with Gasteiger partial charge in [0, 0.05) is 82.9 Å². The molecule has 60 heavy (non-hydrogen) atoms. The van der Waals surface area contributed by atoms with Crippen molar-refractivity contribution in [2.75, 3.05) is 86.9 Å². The lowest BCUT2D eigenvalue weighted by molar-refractivity contribution is 0.311. The Morgan fingerprint density at radius 1 is 0.567 bits per heavy atom. The highest BCUT2D eigenvalue weighted by molar-refractivity contribution is 6.29. The molecule has 2 saturated heterocycles. The molecule has 6 aromatic rings. The minimum Gasteiger partial charge on any atom is -0.338 e. The van der Waals surface area contributed by atoms with Crippen molar-refractivity contribution in [3.63, 3.8) is 0 Å². The molecule has 0 bridgehead atoms. The molecule has 17 heteroatoms. The molecule has 6 heterocycles. The first-order valence-electron chi connectivity index (χ1n) is 20.4. The van der Waals surface area contributed by atoms with Gasteiger partial charge in [0.1, 0.15) is 28.3 Å². The molecule has 8 rings (SSSR count). The van der Waals surface area contributed by atoms with Crippen LogP contribution in [0.15, 0.2) is 89.1 Å². The van der Waals surface area contributed by atoms with E-state index >= 15 is 0 Å². The standard InChI is InChI=1S/C43H49ClN16/c1-5-36-47-40(53-42(49-36)59-24-20-57(3)21-25-59)51-38-33(17-19-35(44)46-38)30-14-12-29(13-15-30)28-32-16-18-34(56-55-31-10-8-7-9-11-31)39(45-32)52-41-48-37(6-2)50-43(54-41)60-26-22-58(4)23-27-60/h7-19H,5-6,20-28H2,1-4H3,(H,45,48,50,52,54)(H,46,47,49,51,53). The van der Waals surface area contributed by atoms with Crippen molar-refractivity contribution >= 4 is 58.4 Å². The molecule has 0 aliphatic carbocycles. The highest BCUT2D eigenvalue weighted by Crippen LogP contribution is 2.32. The van der Waals surface area contributed by atoms with Crippen LogP contribution in [-0.2, 0) is 19.3 Å². The van der Waals surface area contributed by atoms with Gasteiger partial charge in [0.05, 0.1) is 5.69 Å². The smallest absolute Gasteiger partial charge is 0.233 e. The Labute approximate surface area is 355 Å². The number of aryl methyl sites for hydroxylation is 2. The molecule has 2 aliphatic heterocycles. The Morgan fingerprint density at radius 2 is 1.15 bits per heavy atom. The summed E-state index contributed by atoms with van der Waals surface area (Å²) in [4.78, 5) is 47.3. The lowest BCUT2D eigenvalue weighted by atomic mass is 10.0. The molecule has 16 nitrogen and oxygen atoms in total. The van der Waals surface area contributed by atoms with Crippen LogP contribution in [0.2, 0.25) is 5.15 Å². The number of nitrogens with one attached hydrogen (secondary N) is 2. The van der Waals surface area contributed by atoms with Gasteiger partial charge in [-0.3, -0.25) is 0 Å². The SMILES string of the molecule is CCc1nc(Nc2nc(Cc3ccc(-c4ccc(Cl)nc4Nc4nc(CC)nc(N5CCN(C)CC5)n4)cc3)ccc2N=Nc2ccccc2)nc(N2CCN(C)CC2)n1. The first-order chi connectivity index (χ1) is 29.3. The largest absolute Gasteiger partial charge is 0.338 e. The number of hydrogen-bond donors (Lipinski definition) is 2. The Morgan fingerprint density at radius 3 is 1.73 bits per heavy atom. The van der Waals surface area contributed by atoms with E-state index in [9.17, 15) is 0 Å². The third-order valence-electron chi connectivity index (χ3n) is 10.5. The van der Waals surface area contributed by atoms with E-state index in [1.54, 1.807) is 6.07 Å². The monoisotopic (exact) mass is 824 g/mol. The highest BCUT2D eigenvalue weighted by atomic mass is 35.5. The van der Waals surface area contributed by atoms with Crippen molar-refractivity contribution in [1.29, 1.82) is 0 Å². The van der Waals surface area contributed by atoms with Gasteiger partial charge in [-0.2, -0.15) is 35.0 Å². The van der Waals surface area contributed by atoms with E-state index in [-0.39, 0.29) is 0 Å². The number of aromatic nitrogens is 8. The van der Waals surface area contributed by atoms with Crippen LogP contribution in [0.4, 0.5) is 46.8 Å². The number of halogens is 1. The normalized spacial score (nSPS) is 15.2. The van der Waals surface area contributed by atoms with E-state index in [0.717, 1.165) is 80.4 Å². The number of likely N-dealkylation sites (N-methyl/N-ethyl adjacent to an activating group) is 2. The van der Waals surface area contributed by atoms with E-state index in [0.29, 0.717) is 77.2 Å². The van der Waals surface area contributed by atoms with Gasteiger partial charge in [0.15, 0.2) is 5.82 Å². The van der Waals surface area contributed by atoms with Crippen LogP contribution in [-0.4, -0.2) is 116 Å². The maximum atomic E-state index is 6.44. The maximum absolute atomic E-state index is 6.44. The number of nitrogens with zero attached hydrogens (tertiary/aromatic N) is 14. The fourth-order valence-corrected chi connectivity index (χ4v) is 7.04. The van der Waals surface area contributed by atoms with Gasteiger partial charge >= 0.3 is 0 Å². The number of piperazine rings is 2. The Hall–Kier alpha value is -6.23. The first-order valence-corrected chi connectivity index (χ1v) is 20.8. The molecular formula is C43H49ClN16. The molecule has 0 saturated carbocycles. The number of hydrogen-bond acceptors (Lipinski definition) is 16. The number of pyridine rings is 2. The molecule has 2 fully saturated rings. The van der Waals surface area contributed by atoms with Crippen molar-refractivity contribution in [3.8, 4) is 11.1 Å². The topological polar surface area (TPSA) is 165 Å². The van der Waals surface area contributed by atoms with E-state index in [1.807, 2.05) is 62.4 Å². The third kappa shape index (κ3) is 10.1. The number of azo groups is 1. The third-order valence-corrected chi connectivity index (χ3v) is 10.7. The van der Waals surface area contributed by atoms with Gasteiger partial charge in [0.2, 0.25) is 23.8 Å². The zero-order valence-corrected chi connectivity index (χ0v) is 35.2. The molecule has 0 spiro atoms. The molecule has 0 atom stereocenters. The van der Waals surface area contributed by atoms with E-state index in [2.05, 4.69) is 83.8 Å². The second-order valence-corrected chi connectivity index (χ2v) is 15.3. The summed E-state index contributed by atoms with van der Waals surface area (Å²) in [5.41, 5.74) is 5.03. The van der Waals surface area contributed by atoms with Crippen molar-refractivity contribution in [2.45, 2.75) is 33.1 Å². The van der Waals surface area contributed by atoms with Gasteiger partial charge < -0.3 is 30.2 Å². The van der Waals surface area contributed by atoms with E-state index in [4.69, 9.17) is 46.5 Å².